The van der Waals surface area contributed by atoms with Gasteiger partial charge in [-0.3, -0.25) is 38.7 Å². The zero-order valence-electron chi connectivity index (χ0n) is 16.2. The van der Waals surface area contributed by atoms with Gasteiger partial charge < -0.3 is 25.2 Å². The first-order valence-corrected chi connectivity index (χ1v) is 8.73. The van der Waals surface area contributed by atoms with E-state index >= 15 is 0 Å². The van der Waals surface area contributed by atoms with Crippen LogP contribution in [0.5, 0.6) is 0 Å². The first kappa shape index (κ1) is 26.2. The lowest BCUT2D eigenvalue weighted by Crippen LogP contribution is -2.45. The Labute approximate surface area is 167 Å². The van der Waals surface area contributed by atoms with Gasteiger partial charge in [0, 0.05) is 26.2 Å². The fourth-order valence-electron chi connectivity index (χ4n) is 2.42. The number of esters is 1. The van der Waals surface area contributed by atoms with E-state index in [1.54, 1.807) is 6.92 Å². The molecule has 13 heteroatoms. The molecule has 0 aliphatic heterocycles. The van der Waals surface area contributed by atoms with Gasteiger partial charge in [-0.15, -0.1) is 0 Å². The summed E-state index contributed by atoms with van der Waals surface area (Å²) in [5.41, 5.74) is 0. The molecule has 13 nitrogen and oxygen atoms in total. The monoisotopic (exact) mass is 421 g/mol. The van der Waals surface area contributed by atoms with Gasteiger partial charge in [-0.1, -0.05) is 0 Å². The smallest absolute Gasteiger partial charge is 0.320 e. The van der Waals surface area contributed by atoms with Gasteiger partial charge in [0.2, 0.25) is 0 Å². The standard InChI is InChI=1S/C16H27N3O10/c1-2-29-16(28)11-19(10-15(26)27)6-4-17(7-12(20)21)3-5-18(8-13(22)23)9-14(24)25/h2-11H2,1H3,(H,20,21)(H,22,23)(H,24,25)(H,26,27). The van der Waals surface area contributed by atoms with Crippen molar-refractivity contribution in [3.8, 4) is 0 Å². The molecule has 0 rings (SSSR count). The van der Waals surface area contributed by atoms with Gasteiger partial charge in [0.15, 0.2) is 0 Å². The molecule has 0 radical (unpaired) electrons. The van der Waals surface area contributed by atoms with Gasteiger partial charge in [-0.2, -0.15) is 0 Å². The molecule has 0 amide bonds. The fourth-order valence-corrected chi connectivity index (χ4v) is 2.42. The van der Waals surface area contributed by atoms with Crippen LogP contribution in [0.4, 0.5) is 0 Å². The Kier molecular flexibility index (Phi) is 12.9. The predicted molar refractivity (Wildman–Crippen MR) is 96.5 cm³/mol. The molecule has 4 N–H and O–H groups in total. The number of carboxylic acid groups (broad SMARTS) is 4. The minimum atomic E-state index is -1.22. The average Bonchev–Trinajstić information content (AvgIpc) is 2.55. The zero-order chi connectivity index (χ0) is 22.4. The molecule has 0 spiro atoms. The molecule has 0 aliphatic carbocycles. The number of carbonyl (C=O) groups is 5. The van der Waals surface area contributed by atoms with Crippen molar-refractivity contribution in [1.29, 1.82) is 0 Å². The Hall–Kier alpha value is -2.77. The maximum Gasteiger partial charge on any atom is 0.320 e. The molecule has 0 fully saturated rings. The number of carbonyl (C=O) groups excluding carboxylic acids is 1. The lowest BCUT2D eigenvalue weighted by Gasteiger charge is -2.27. The third-order valence-corrected chi connectivity index (χ3v) is 3.56. The van der Waals surface area contributed by atoms with E-state index in [9.17, 15) is 24.0 Å². The van der Waals surface area contributed by atoms with Crippen molar-refractivity contribution in [2.45, 2.75) is 6.92 Å². The Bertz CT molecular complexity index is 567. The van der Waals surface area contributed by atoms with Gasteiger partial charge in [0.25, 0.3) is 0 Å². The molecule has 0 saturated heterocycles. The number of hydrogen-bond acceptors (Lipinski definition) is 9. The highest BCUT2D eigenvalue weighted by molar-refractivity contribution is 5.74. The highest BCUT2D eigenvalue weighted by Gasteiger charge is 2.19. The first-order valence-electron chi connectivity index (χ1n) is 8.73. The average molecular weight is 421 g/mol. The second-order valence-electron chi connectivity index (χ2n) is 6.08. The Balaban J connectivity index is 4.93. The van der Waals surface area contributed by atoms with Crippen molar-refractivity contribution in [2.24, 2.45) is 0 Å². The van der Waals surface area contributed by atoms with Crippen LogP contribution in [0.2, 0.25) is 0 Å². The van der Waals surface area contributed by atoms with Crippen molar-refractivity contribution >= 4 is 29.8 Å². The van der Waals surface area contributed by atoms with E-state index in [0.29, 0.717) is 0 Å². The molecular weight excluding hydrogens is 394 g/mol. The number of hydrogen-bond donors (Lipinski definition) is 4. The van der Waals surface area contributed by atoms with E-state index in [0.717, 1.165) is 4.90 Å². The second-order valence-corrected chi connectivity index (χ2v) is 6.08. The fraction of sp³-hybridized carbons (Fsp3) is 0.688. The van der Waals surface area contributed by atoms with E-state index in [2.05, 4.69) is 0 Å². The van der Waals surface area contributed by atoms with Crippen molar-refractivity contribution < 1.29 is 49.1 Å². The normalized spacial score (nSPS) is 11.0. The van der Waals surface area contributed by atoms with Gasteiger partial charge in [0.05, 0.1) is 39.3 Å². The summed E-state index contributed by atoms with van der Waals surface area (Å²) in [5, 5.41) is 35.7. The maximum atomic E-state index is 11.6. The first-order chi connectivity index (χ1) is 13.5. The minimum Gasteiger partial charge on any atom is -0.480 e. The minimum absolute atomic E-state index is 0.0251. The van der Waals surface area contributed by atoms with Crippen LogP contribution in [0.3, 0.4) is 0 Å². The van der Waals surface area contributed by atoms with Crippen LogP contribution in [-0.2, 0) is 28.7 Å². The van der Waals surface area contributed by atoms with E-state index in [-0.39, 0.29) is 39.3 Å². The van der Waals surface area contributed by atoms with Crippen LogP contribution in [0.25, 0.3) is 0 Å². The van der Waals surface area contributed by atoms with Crippen LogP contribution >= 0.6 is 0 Å². The molecule has 0 unspecified atom stereocenters. The summed E-state index contributed by atoms with van der Waals surface area (Å²) in [4.78, 5) is 59.1. The summed E-state index contributed by atoms with van der Waals surface area (Å²) >= 11 is 0. The molecule has 0 heterocycles. The molecule has 0 bridgehead atoms. The zero-order valence-corrected chi connectivity index (χ0v) is 16.2. The molecule has 166 valence electrons. The molecule has 0 aromatic heterocycles. The molecule has 0 aromatic rings. The number of nitrogens with zero attached hydrogens (tertiary/aromatic N) is 3. The van der Waals surface area contributed by atoms with Crippen LogP contribution in [0.1, 0.15) is 6.92 Å². The molecule has 0 atom stereocenters. The van der Waals surface area contributed by atoms with Crippen molar-refractivity contribution in [1.82, 2.24) is 14.7 Å². The number of rotatable bonds is 17. The predicted octanol–water partition coefficient (Wildman–Crippen LogP) is -2.21. The van der Waals surface area contributed by atoms with Crippen molar-refractivity contribution in [3.63, 3.8) is 0 Å². The van der Waals surface area contributed by atoms with Crippen LogP contribution in [-0.4, -0.2) is 130 Å². The largest absolute Gasteiger partial charge is 0.480 e. The summed E-state index contributed by atoms with van der Waals surface area (Å²) in [6, 6.07) is 0. The van der Waals surface area contributed by atoms with Crippen LogP contribution in [0.15, 0.2) is 0 Å². The van der Waals surface area contributed by atoms with Crippen LogP contribution < -0.4 is 0 Å². The van der Waals surface area contributed by atoms with E-state index in [4.69, 9.17) is 25.2 Å². The van der Waals surface area contributed by atoms with Gasteiger partial charge in [-0.25, -0.2) is 0 Å². The summed E-state index contributed by atoms with van der Waals surface area (Å²) in [6.07, 6.45) is 0. The number of ether oxygens (including phenoxy) is 1. The quantitative estimate of drug-likeness (QED) is 0.185. The van der Waals surface area contributed by atoms with Gasteiger partial charge in [0.1, 0.15) is 0 Å². The second kappa shape index (κ2) is 14.3. The topological polar surface area (TPSA) is 185 Å². The van der Waals surface area contributed by atoms with Gasteiger partial charge in [-0.05, 0) is 6.92 Å². The molecule has 29 heavy (non-hydrogen) atoms. The molecule has 0 saturated carbocycles. The van der Waals surface area contributed by atoms with Crippen LogP contribution in [0, 0.1) is 0 Å². The van der Waals surface area contributed by atoms with E-state index in [1.807, 2.05) is 0 Å². The van der Waals surface area contributed by atoms with Gasteiger partial charge >= 0.3 is 29.8 Å². The Morgan fingerprint density at radius 2 is 0.897 bits per heavy atom. The maximum absolute atomic E-state index is 11.6. The lowest BCUT2D eigenvalue weighted by molar-refractivity contribution is -0.146. The Morgan fingerprint density at radius 1 is 0.586 bits per heavy atom. The summed E-state index contributed by atoms with van der Waals surface area (Å²) in [7, 11) is 0. The Morgan fingerprint density at radius 3 is 1.24 bits per heavy atom. The third-order valence-electron chi connectivity index (χ3n) is 3.56. The summed E-state index contributed by atoms with van der Waals surface area (Å²) in [6.45, 7) is -0.368. The number of carboxylic acids is 4. The third kappa shape index (κ3) is 14.9. The molecular formula is C16H27N3O10. The van der Waals surface area contributed by atoms with E-state index in [1.165, 1.54) is 9.80 Å². The highest BCUT2D eigenvalue weighted by atomic mass is 16.5. The number of aliphatic carboxylic acids is 4. The highest BCUT2D eigenvalue weighted by Crippen LogP contribution is 1.98. The molecule has 0 aliphatic rings. The van der Waals surface area contributed by atoms with Crippen molar-refractivity contribution in [3.05, 3.63) is 0 Å². The summed E-state index contributed by atoms with van der Waals surface area (Å²) < 4.78 is 4.78. The summed E-state index contributed by atoms with van der Waals surface area (Å²) in [5.74, 6) is -5.40. The van der Waals surface area contributed by atoms with E-state index < -0.39 is 56.0 Å². The SMILES string of the molecule is CCOC(=O)CN(CCN(CCN(CC(=O)O)CC(=O)O)CC(=O)O)CC(=O)O. The lowest BCUT2D eigenvalue weighted by atomic mass is 10.3. The van der Waals surface area contributed by atoms with Crippen molar-refractivity contribution in [2.75, 3.05) is 65.5 Å². The molecule has 0 aromatic carbocycles.